The van der Waals surface area contributed by atoms with Crippen molar-refractivity contribution in [2.24, 2.45) is 0 Å². The molecule has 35 heavy (non-hydrogen) atoms. The van der Waals surface area contributed by atoms with Crippen molar-refractivity contribution in [3.05, 3.63) is 59.9 Å². The third kappa shape index (κ3) is 4.57. The minimum atomic E-state index is -0.537. The van der Waals surface area contributed by atoms with Crippen LogP contribution in [0.2, 0.25) is 0 Å². The molecule has 11 heteroatoms. The van der Waals surface area contributed by atoms with Crippen molar-refractivity contribution in [3.8, 4) is 11.4 Å². The summed E-state index contributed by atoms with van der Waals surface area (Å²) in [7, 11) is 0. The van der Waals surface area contributed by atoms with Gasteiger partial charge in [-0.15, -0.1) is 10.2 Å². The Morgan fingerprint density at radius 2 is 1.94 bits per heavy atom. The number of fused-ring (bicyclic) bond motifs is 1. The van der Waals surface area contributed by atoms with Crippen LogP contribution in [0.3, 0.4) is 0 Å². The van der Waals surface area contributed by atoms with E-state index in [2.05, 4.69) is 25.8 Å². The van der Waals surface area contributed by atoms with E-state index in [-0.39, 0.29) is 18.0 Å². The molecule has 4 heterocycles. The van der Waals surface area contributed by atoms with Gasteiger partial charge >= 0.3 is 6.09 Å². The van der Waals surface area contributed by atoms with Gasteiger partial charge in [0.25, 0.3) is 5.91 Å². The molecule has 3 aromatic heterocycles. The zero-order chi connectivity index (χ0) is 24.7. The maximum atomic E-state index is 12.9. The summed E-state index contributed by atoms with van der Waals surface area (Å²) in [6, 6.07) is 11.1. The van der Waals surface area contributed by atoms with Crippen LogP contribution in [0, 0.1) is 6.92 Å². The van der Waals surface area contributed by atoms with Gasteiger partial charge < -0.3 is 15.0 Å². The number of rotatable bonds is 4. The topological polar surface area (TPSA) is 120 Å². The normalized spacial score (nSPS) is 14.1. The van der Waals surface area contributed by atoms with Gasteiger partial charge in [-0.3, -0.25) is 4.79 Å². The number of aromatic nitrogens is 6. The van der Waals surface area contributed by atoms with Gasteiger partial charge in [-0.25, -0.2) is 9.31 Å². The highest BCUT2D eigenvalue weighted by Crippen LogP contribution is 2.26. The second-order valence-electron chi connectivity index (χ2n) is 9.55. The molecule has 0 saturated carbocycles. The number of pyridine rings is 1. The van der Waals surface area contributed by atoms with Crippen LogP contribution in [0.5, 0.6) is 0 Å². The lowest BCUT2D eigenvalue weighted by Crippen LogP contribution is -2.52. The molecule has 1 aliphatic heterocycles. The van der Waals surface area contributed by atoms with Crippen LogP contribution < -0.4 is 5.32 Å². The number of hydrogen-bond acceptors (Lipinski definition) is 7. The largest absolute Gasteiger partial charge is 0.444 e. The summed E-state index contributed by atoms with van der Waals surface area (Å²) in [6.07, 6.45) is 3.00. The fraction of sp³-hybridized carbons (Fsp3) is 0.333. The zero-order valence-electron chi connectivity index (χ0n) is 20.0. The Hall–Kier alpha value is -4.28. The van der Waals surface area contributed by atoms with Gasteiger partial charge in [0, 0.05) is 17.4 Å². The average Bonchev–Trinajstić information content (AvgIpc) is 3.40. The molecule has 11 nitrogen and oxygen atoms in total. The molecule has 0 spiro atoms. The first-order chi connectivity index (χ1) is 16.7. The number of ether oxygens (including phenoxy) is 1. The molecule has 0 aliphatic carbocycles. The third-order valence-electron chi connectivity index (χ3n) is 5.68. The molecule has 1 saturated heterocycles. The van der Waals surface area contributed by atoms with Crippen LogP contribution in [0.4, 0.5) is 10.5 Å². The Labute approximate surface area is 201 Å². The second kappa shape index (κ2) is 8.49. The van der Waals surface area contributed by atoms with Gasteiger partial charge in [-0.2, -0.15) is 9.90 Å². The lowest BCUT2D eigenvalue weighted by Gasteiger charge is -2.38. The van der Waals surface area contributed by atoms with Crippen molar-refractivity contribution in [3.63, 3.8) is 0 Å². The number of amides is 2. The van der Waals surface area contributed by atoms with Crippen molar-refractivity contribution < 1.29 is 14.3 Å². The van der Waals surface area contributed by atoms with Gasteiger partial charge in [0.15, 0.2) is 0 Å². The van der Waals surface area contributed by atoms with Gasteiger partial charge in [-0.1, -0.05) is 18.2 Å². The monoisotopic (exact) mass is 474 g/mol. The van der Waals surface area contributed by atoms with Crippen molar-refractivity contribution in [2.75, 3.05) is 18.4 Å². The Balaban J connectivity index is 1.28. The number of carbonyl (C=O) groups is 2. The number of benzene rings is 1. The molecule has 1 aromatic carbocycles. The summed E-state index contributed by atoms with van der Waals surface area (Å²) < 4.78 is 7.05. The van der Waals surface area contributed by atoms with E-state index in [0.717, 1.165) is 16.6 Å². The van der Waals surface area contributed by atoms with Crippen LogP contribution in [0.25, 0.3) is 16.9 Å². The standard InChI is InChI=1S/C24H26N8O3/c1-15-8-9-16(11-19(15)26-22(33)18-12-25-31-10-6-5-7-20(18)31)21-27-29-32(28-21)17-13-30(14-17)23(34)35-24(2,3)4/h5-12,17H,13-14H2,1-4H3,(H,26,33). The molecule has 1 aliphatic rings. The van der Waals surface area contributed by atoms with E-state index < -0.39 is 5.60 Å². The predicted octanol–water partition coefficient (Wildman–Crippen LogP) is 3.34. The van der Waals surface area contributed by atoms with Crippen molar-refractivity contribution in [1.82, 2.24) is 34.7 Å². The van der Waals surface area contributed by atoms with E-state index in [1.165, 1.54) is 4.80 Å². The van der Waals surface area contributed by atoms with Crippen molar-refractivity contribution in [2.45, 2.75) is 39.3 Å². The highest BCUT2D eigenvalue weighted by molar-refractivity contribution is 6.09. The second-order valence-corrected chi connectivity index (χ2v) is 9.55. The fourth-order valence-electron chi connectivity index (χ4n) is 3.77. The number of hydrogen-bond donors (Lipinski definition) is 1. The van der Waals surface area contributed by atoms with Crippen molar-refractivity contribution in [1.29, 1.82) is 0 Å². The summed E-state index contributed by atoms with van der Waals surface area (Å²) in [6.45, 7) is 8.34. The number of tetrazole rings is 1. The molecule has 2 amide bonds. The highest BCUT2D eigenvalue weighted by Gasteiger charge is 2.36. The van der Waals surface area contributed by atoms with E-state index >= 15 is 0 Å². The van der Waals surface area contributed by atoms with Crippen LogP contribution in [0.1, 0.15) is 42.7 Å². The predicted molar refractivity (Wildman–Crippen MR) is 128 cm³/mol. The molecule has 5 rings (SSSR count). The lowest BCUT2D eigenvalue weighted by atomic mass is 10.1. The van der Waals surface area contributed by atoms with Crippen LogP contribution in [-0.4, -0.2) is 65.4 Å². The quantitative estimate of drug-likeness (QED) is 0.482. The molecule has 0 bridgehead atoms. The van der Waals surface area contributed by atoms with E-state index in [1.807, 2.05) is 64.1 Å². The minimum Gasteiger partial charge on any atom is -0.444 e. The van der Waals surface area contributed by atoms with Crippen molar-refractivity contribution >= 4 is 23.2 Å². The molecule has 1 N–H and O–H groups in total. The highest BCUT2D eigenvalue weighted by atomic mass is 16.6. The molecular formula is C24H26N8O3. The van der Waals surface area contributed by atoms with E-state index in [4.69, 9.17) is 4.74 Å². The van der Waals surface area contributed by atoms with E-state index in [9.17, 15) is 9.59 Å². The molecule has 0 unspecified atom stereocenters. The minimum absolute atomic E-state index is 0.0657. The Morgan fingerprint density at radius 3 is 2.71 bits per heavy atom. The molecule has 0 radical (unpaired) electrons. The Morgan fingerprint density at radius 1 is 1.14 bits per heavy atom. The first-order valence-electron chi connectivity index (χ1n) is 11.3. The molecule has 180 valence electrons. The Bertz CT molecular complexity index is 1410. The number of anilines is 1. The van der Waals surface area contributed by atoms with Gasteiger partial charge in [-0.05, 0) is 56.7 Å². The number of nitrogens with zero attached hydrogens (tertiary/aromatic N) is 7. The molecule has 4 aromatic rings. The summed E-state index contributed by atoms with van der Waals surface area (Å²) >= 11 is 0. The maximum Gasteiger partial charge on any atom is 0.410 e. The van der Waals surface area contributed by atoms with Gasteiger partial charge in [0.2, 0.25) is 5.82 Å². The third-order valence-corrected chi connectivity index (χ3v) is 5.68. The van der Waals surface area contributed by atoms with E-state index in [0.29, 0.717) is 30.2 Å². The van der Waals surface area contributed by atoms with Crippen LogP contribution in [-0.2, 0) is 4.74 Å². The SMILES string of the molecule is Cc1ccc(-c2nnn(C3CN(C(=O)OC(C)(C)C)C3)n2)cc1NC(=O)c1cnn2ccccc12. The fourth-order valence-corrected chi connectivity index (χ4v) is 3.77. The van der Waals surface area contributed by atoms with E-state index in [1.54, 1.807) is 21.8 Å². The Kier molecular flexibility index (Phi) is 5.46. The smallest absolute Gasteiger partial charge is 0.410 e. The molecule has 0 atom stereocenters. The average molecular weight is 475 g/mol. The zero-order valence-corrected chi connectivity index (χ0v) is 20.0. The first kappa shape index (κ1) is 22.5. The maximum absolute atomic E-state index is 12.9. The molecule has 1 fully saturated rings. The number of nitrogens with one attached hydrogen (secondary N) is 1. The summed E-state index contributed by atoms with van der Waals surface area (Å²) in [5.41, 5.74) is 2.95. The number of aryl methyl sites for hydroxylation is 1. The summed E-state index contributed by atoms with van der Waals surface area (Å²) in [4.78, 5) is 28.2. The van der Waals surface area contributed by atoms with Gasteiger partial charge in [0.05, 0.1) is 30.4 Å². The van der Waals surface area contributed by atoms with Crippen LogP contribution in [0.15, 0.2) is 48.8 Å². The lowest BCUT2D eigenvalue weighted by molar-refractivity contribution is -0.00244. The first-order valence-corrected chi connectivity index (χ1v) is 11.3. The number of carbonyl (C=O) groups excluding carboxylic acids is 2. The summed E-state index contributed by atoms with van der Waals surface area (Å²) in [5, 5.41) is 20.0. The number of likely N-dealkylation sites (tertiary alicyclic amines) is 1. The van der Waals surface area contributed by atoms with Crippen LogP contribution >= 0.6 is 0 Å². The van der Waals surface area contributed by atoms with Gasteiger partial charge in [0.1, 0.15) is 11.6 Å². The summed E-state index contributed by atoms with van der Waals surface area (Å²) in [5.74, 6) is 0.187. The molecular weight excluding hydrogens is 448 g/mol.